The molecule has 0 spiro atoms. The summed E-state index contributed by atoms with van der Waals surface area (Å²) in [6.07, 6.45) is 7.60. The number of hydrogen-bond acceptors (Lipinski definition) is 4. The molecule has 5 rings (SSSR count). The van der Waals surface area contributed by atoms with Gasteiger partial charge in [-0.25, -0.2) is 9.97 Å². The van der Waals surface area contributed by atoms with Crippen LogP contribution < -0.4 is 10.6 Å². The maximum atomic E-state index is 12.2. The van der Waals surface area contributed by atoms with Gasteiger partial charge in [0.1, 0.15) is 0 Å². The second kappa shape index (κ2) is 6.16. The molecule has 2 heterocycles. The lowest BCUT2D eigenvalue weighted by molar-refractivity contribution is 0.0930. The van der Waals surface area contributed by atoms with Crippen LogP contribution in [0, 0.1) is 5.92 Å². The van der Waals surface area contributed by atoms with Gasteiger partial charge in [-0.1, -0.05) is 26.0 Å². The summed E-state index contributed by atoms with van der Waals surface area (Å²) in [5.74, 6) is 1.52. The van der Waals surface area contributed by atoms with Crippen LogP contribution in [0.2, 0.25) is 0 Å². The lowest BCUT2D eigenvalue weighted by Crippen LogP contribution is -2.43. The Bertz CT molecular complexity index is 1010. The van der Waals surface area contributed by atoms with Crippen molar-refractivity contribution in [3.63, 3.8) is 0 Å². The van der Waals surface area contributed by atoms with Crippen LogP contribution in [0.1, 0.15) is 69.2 Å². The number of nitrogens with one attached hydrogen (secondary N) is 2. The van der Waals surface area contributed by atoms with Gasteiger partial charge in [0.05, 0.1) is 5.69 Å². The molecular weight excluding hydrogens is 348 g/mol. The van der Waals surface area contributed by atoms with E-state index in [1.807, 2.05) is 18.3 Å². The number of fused-ring (bicyclic) bond motifs is 2. The first-order chi connectivity index (χ1) is 13.4. The minimum atomic E-state index is -0.0789. The summed E-state index contributed by atoms with van der Waals surface area (Å²) in [6.45, 7) is 7.22. The summed E-state index contributed by atoms with van der Waals surface area (Å²) in [5, 5.41) is 6.44. The molecule has 3 aliphatic rings. The number of amides is 1. The van der Waals surface area contributed by atoms with Gasteiger partial charge in [0.15, 0.2) is 0 Å². The molecule has 0 radical (unpaired) electrons. The third kappa shape index (κ3) is 2.89. The molecule has 2 N–H and O–H groups in total. The van der Waals surface area contributed by atoms with Gasteiger partial charge >= 0.3 is 0 Å². The van der Waals surface area contributed by atoms with E-state index in [4.69, 9.17) is 4.98 Å². The highest BCUT2D eigenvalue weighted by Crippen LogP contribution is 2.37. The van der Waals surface area contributed by atoms with Crippen molar-refractivity contribution in [2.24, 2.45) is 5.92 Å². The highest BCUT2D eigenvalue weighted by atomic mass is 16.1. The number of carbonyl (C=O) groups excluding carboxylic acids is 1. The Morgan fingerprint density at radius 3 is 2.89 bits per heavy atom. The Hall–Kier alpha value is -2.69. The lowest BCUT2D eigenvalue weighted by atomic mass is 9.77. The van der Waals surface area contributed by atoms with E-state index in [2.05, 4.69) is 48.5 Å². The number of nitrogens with zero attached hydrogens (tertiary/aromatic N) is 2. The Kier molecular flexibility index (Phi) is 3.83. The van der Waals surface area contributed by atoms with Crippen LogP contribution in [0.25, 0.3) is 5.57 Å². The highest BCUT2D eigenvalue weighted by molar-refractivity contribution is 5.98. The van der Waals surface area contributed by atoms with E-state index in [0.29, 0.717) is 12.6 Å². The van der Waals surface area contributed by atoms with Crippen LogP contribution in [0.15, 0.2) is 30.5 Å². The van der Waals surface area contributed by atoms with Crippen molar-refractivity contribution < 1.29 is 7.65 Å². The molecule has 1 atom stereocenters. The Balaban J connectivity index is 0.00000128. The van der Waals surface area contributed by atoms with E-state index in [9.17, 15) is 4.79 Å². The maximum absolute atomic E-state index is 12.2. The molecule has 1 amide bonds. The zero-order valence-electron chi connectivity index (χ0n) is 16.7. The molecule has 1 aromatic carbocycles. The minimum Gasteiger partial charge on any atom is -0.351 e. The number of carbonyl (C=O) groups is 1. The third-order valence-corrected chi connectivity index (χ3v) is 6.34. The number of allylic oxidation sites excluding steroid dienone is 1. The van der Waals surface area contributed by atoms with Gasteiger partial charge in [-0.15, -0.1) is 0 Å². The van der Waals surface area contributed by atoms with E-state index < -0.39 is 0 Å². The van der Waals surface area contributed by atoms with E-state index in [0.717, 1.165) is 46.2 Å². The average molecular weight is 379 g/mol. The second-order valence-corrected chi connectivity index (χ2v) is 8.97. The van der Waals surface area contributed by atoms with Crippen LogP contribution in [0.4, 0.5) is 5.95 Å². The first kappa shape index (κ1) is 17.4. The first-order valence-corrected chi connectivity index (χ1v) is 10.2. The molecule has 1 aliphatic heterocycles. The van der Waals surface area contributed by atoms with Crippen molar-refractivity contribution in [3.8, 4) is 0 Å². The topological polar surface area (TPSA) is 66.9 Å². The summed E-state index contributed by atoms with van der Waals surface area (Å²) < 4.78 is 0. The van der Waals surface area contributed by atoms with Gasteiger partial charge in [0.2, 0.25) is 5.95 Å². The van der Waals surface area contributed by atoms with Crippen LogP contribution >= 0.6 is 0 Å². The zero-order valence-corrected chi connectivity index (χ0v) is 16.7. The fourth-order valence-electron chi connectivity index (χ4n) is 4.33. The van der Waals surface area contributed by atoms with Crippen LogP contribution in [-0.4, -0.2) is 28.5 Å². The zero-order chi connectivity index (χ0) is 19.5. The first-order valence-electron chi connectivity index (χ1n) is 10.2. The Morgan fingerprint density at radius 2 is 2.11 bits per heavy atom. The molecule has 5 nitrogen and oxygen atoms in total. The summed E-state index contributed by atoms with van der Waals surface area (Å²) in [5.41, 5.74) is 6.29. The van der Waals surface area contributed by atoms with E-state index in [1.165, 1.54) is 18.4 Å². The maximum Gasteiger partial charge on any atom is 0.251 e. The van der Waals surface area contributed by atoms with Crippen molar-refractivity contribution in [3.05, 3.63) is 58.4 Å². The molecule has 2 aliphatic carbocycles. The van der Waals surface area contributed by atoms with Gasteiger partial charge in [-0.3, -0.25) is 4.79 Å². The quantitative estimate of drug-likeness (QED) is 0.837. The smallest absolute Gasteiger partial charge is 0.251 e. The number of hydrogen-bond donors (Lipinski definition) is 2. The predicted molar refractivity (Wildman–Crippen MR) is 115 cm³/mol. The molecule has 2 aromatic rings. The number of anilines is 1. The SMILES string of the molecule is C[C@@H](Nc1ncc2c(n1)CC=C2c1ccc2c(c1)C(C)(C)CNC2=O)C1CC1.[HH].[HH]. The van der Waals surface area contributed by atoms with Crippen molar-refractivity contribution in [2.75, 3.05) is 11.9 Å². The minimum absolute atomic E-state index is 0. The Labute approximate surface area is 168 Å². The van der Waals surface area contributed by atoms with Crippen molar-refractivity contribution >= 4 is 17.4 Å². The van der Waals surface area contributed by atoms with Gasteiger partial charge in [-0.05, 0) is 54.5 Å². The van der Waals surface area contributed by atoms with Gasteiger partial charge in [0, 0.05) is 44.6 Å². The fourth-order valence-corrected chi connectivity index (χ4v) is 4.33. The second-order valence-electron chi connectivity index (χ2n) is 8.97. The molecular formula is C23H30N4O. The van der Waals surface area contributed by atoms with E-state index >= 15 is 0 Å². The largest absolute Gasteiger partial charge is 0.351 e. The van der Waals surface area contributed by atoms with Crippen molar-refractivity contribution in [1.29, 1.82) is 0 Å². The lowest BCUT2D eigenvalue weighted by Gasteiger charge is -2.33. The standard InChI is InChI=1S/C23H26N4O.2H2/c1-13(14-4-5-14)26-22-24-11-18-16(8-9-20(18)27-22)15-6-7-17-19(10-15)23(2,3)12-25-21(17)28;;/h6-8,10-11,13-14H,4-5,9,12H2,1-3H3,(H,25,28)(H,24,26,27);2*1H/t13-;;/m1../s1. The average Bonchev–Trinajstić information content (AvgIpc) is 3.45. The molecule has 0 saturated heterocycles. The van der Waals surface area contributed by atoms with Crippen LogP contribution in [-0.2, 0) is 11.8 Å². The molecule has 28 heavy (non-hydrogen) atoms. The van der Waals surface area contributed by atoms with Crippen molar-refractivity contribution in [2.45, 2.75) is 51.5 Å². The molecule has 0 unspecified atom stereocenters. The summed E-state index contributed by atoms with van der Waals surface area (Å²) in [6, 6.07) is 6.60. The van der Waals surface area contributed by atoms with Gasteiger partial charge < -0.3 is 10.6 Å². The third-order valence-electron chi connectivity index (χ3n) is 6.34. The summed E-state index contributed by atoms with van der Waals surface area (Å²) in [4.78, 5) is 21.6. The molecule has 1 aromatic heterocycles. The summed E-state index contributed by atoms with van der Waals surface area (Å²) >= 11 is 0. The highest BCUT2D eigenvalue weighted by Gasteiger charge is 2.32. The number of benzene rings is 1. The normalized spacial score (nSPS) is 20.7. The number of rotatable bonds is 4. The number of aromatic nitrogens is 2. The molecule has 5 heteroatoms. The van der Waals surface area contributed by atoms with Crippen LogP contribution in [0.5, 0.6) is 0 Å². The molecule has 0 bridgehead atoms. The predicted octanol–water partition coefficient (Wildman–Crippen LogP) is 4.19. The van der Waals surface area contributed by atoms with Crippen molar-refractivity contribution in [1.82, 2.24) is 15.3 Å². The molecule has 1 fully saturated rings. The van der Waals surface area contributed by atoms with Gasteiger partial charge in [0.25, 0.3) is 5.91 Å². The van der Waals surface area contributed by atoms with Gasteiger partial charge in [-0.2, -0.15) is 0 Å². The monoisotopic (exact) mass is 378 g/mol. The molecule has 148 valence electrons. The van der Waals surface area contributed by atoms with Crippen LogP contribution in [0.3, 0.4) is 0 Å². The summed E-state index contributed by atoms with van der Waals surface area (Å²) in [7, 11) is 0. The fraction of sp³-hybridized carbons (Fsp3) is 0.435. The molecule has 1 saturated carbocycles. The van der Waals surface area contributed by atoms with E-state index in [-0.39, 0.29) is 14.2 Å². The van der Waals surface area contributed by atoms with E-state index in [1.54, 1.807) is 0 Å². The Morgan fingerprint density at radius 1 is 1.29 bits per heavy atom.